The molecular weight excluding hydrogens is 302 g/mol. The second-order valence-electron chi connectivity index (χ2n) is 9.76. The minimum Gasteiger partial charge on any atom is -0.306 e. The lowest BCUT2D eigenvalue weighted by Gasteiger charge is -2.39. The summed E-state index contributed by atoms with van der Waals surface area (Å²) in [5.74, 6) is 4.82. The maximum Gasteiger partial charge on any atom is 0.000926 e. The summed E-state index contributed by atoms with van der Waals surface area (Å²) in [6.45, 7) is 10.2. The highest BCUT2D eigenvalue weighted by molar-refractivity contribution is 4.82. The van der Waals surface area contributed by atoms with Gasteiger partial charge in [0.15, 0.2) is 0 Å². The van der Waals surface area contributed by atoms with Gasteiger partial charge in [0.25, 0.3) is 0 Å². The molecule has 0 aromatic carbocycles. The number of nitrogens with zero attached hydrogens (tertiary/aromatic N) is 1. The van der Waals surface area contributed by atoms with Gasteiger partial charge in [-0.1, -0.05) is 91.4 Å². The lowest BCUT2D eigenvalue weighted by atomic mass is 9.69. The van der Waals surface area contributed by atoms with Crippen molar-refractivity contribution in [2.45, 2.75) is 104 Å². The summed E-state index contributed by atoms with van der Waals surface area (Å²) in [4.78, 5) is 2.63. The van der Waals surface area contributed by atoms with Crippen LogP contribution < -0.4 is 0 Å². The van der Waals surface area contributed by atoms with E-state index in [0.717, 1.165) is 29.6 Å². The molecule has 5 atom stereocenters. The van der Waals surface area contributed by atoms with Gasteiger partial charge in [-0.05, 0) is 56.0 Å². The van der Waals surface area contributed by atoms with Gasteiger partial charge in [-0.15, -0.1) is 0 Å². The molecule has 5 unspecified atom stereocenters. The zero-order chi connectivity index (χ0) is 18.1. The van der Waals surface area contributed by atoms with Crippen molar-refractivity contribution in [2.75, 3.05) is 20.1 Å². The summed E-state index contributed by atoms with van der Waals surface area (Å²) in [6.07, 6.45) is 19.1. The van der Waals surface area contributed by atoms with Crippen LogP contribution in [0, 0.1) is 29.6 Å². The van der Waals surface area contributed by atoms with Crippen molar-refractivity contribution in [1.29, 1.82) is 0 Å². The van der Waals surface area contributed by atoms with E-state index in [1.807, 2.05) is 0 Å². The molecule has 0 radical (unpaired) electrons. The highest BCUT2D eigenvalue weighted by Crippen LogP contribution is 2.40. The van der Waals surface area contributed by atoms with Crippen LogP contribution in [0.4, 0.5) is 0 Å². The summed E-state index contributed by atoms with van der Waals surface area (Å²) < 4.78 is 0. The average molecular weight is 350 g/mol. The van der Waals surface area contributed by atoms with Crippen LogP contribution in [-0.2, 0) is 0 Å². The molecule has 1 saturated carbocycles. The Balaban J connectivity index is 2.02. The number of likely N-dealkylation sites (tertiary alicyclic amines) is 1. The standard InChI is InChI=1S/C24H47N/c1-5-12-24(22-15-9-8-13-20(2)14-11-17-22)21(3)23-16-7-6-10-18-25(4)19-23/h20-24H,5-19H2,1-4H3. The van der Waals surface area contributed by atoms with E-state index in [1.165, 1.54) is 96.6 Å². The van der Waals surface area contributed by atoms with Crippen LogP contribution in [0.15, 0.2) is 0 Å². The van der Waals surface area contributed by atoms with Crippen LogP contribution in [0.2, 0.25) is 0 Å². The molecule has 0 N–H and O–H groups in total. The molecule has 0 bridgehead atoms. The maximum absolute atomic E-state index is 2.63. The molecule has 1 nitrogen and oxygen atoms in total. The Morgan fingerprint density at radius 3 is 2.28 bits per heavy atom. The molecule has 25 heavy (non-hydrogen) atoms. The van der Waals surface area contributed by atoms with Crippen LogP contribution in [0.5, 0.6) is 0 Å². The Bertz CT molecular complexity index is 339. The predicted molar refractivity (Wildman–Crippen MR) is 112 cm³/mol. The first-order valence-corrected chi connectivity index (χ1v) is 11.8. The van der Waals surface area contributed by atoms with Gasteiger partial charge >= 0.3 is 0 Å². The SMILES string of the molecule is CCCC(C1CCCCC(C)CCC1)C(C)C1CCCCCN(C)C1. The van der Waals surface area contributed by atoms with Crippen molar-refractivity contribution in [2.24, 2.45) is 29.6 Å². The Kier molecular flexibility index (Phi) is 9.89. The van der Waals surface area contributed by atoms with E-state index in [1.54, 1.807) is 0 Å². The minimum absolute atomic E-state index is 0.920. The predicted octanol–water partition coefficient (Wildman–Crippen LogP) is 7.16. The van der Waals surface area contributed by atoms with Crippen molar-refractivity contribution in [3.05, 3.63) is 0 Å². The summed E-state index contributed by atoms with van der Waals surface area (Å²) in [6, 6.07) is 0. The van der Waals surface area contributed by atoms with Crippen molar-refractivity contribution < 1.29 is 0 Å². The van der Waals surface area contributed by atoms with Crippen LogP contribution >= 0.6 is 0 Å². The zero-order valence-corrected chi connectivity index (χ0v) is 17.9. The highest BCUT2D eigenvalue weighted by atomic mass is 15.1. The fraction of sp³-hybridized carbons (Fsp3) is 1.00. The van der Waals surface area contributed by atoms with Crippen molar-refractivity contribution in [3.8, 4) is 0 Å². The van der Waals surface area contributed by atoms with E-state index in [-0.39, 0.29) is 0 Å². The Morgan fingerprint density at radius 1 is 0.840 bits per heavy atom. The van der Waals surface area contributed by atoms with Gasteiger partial charge in [0, 0.05) is 6.54 Å². The number of hydrogen-bond acceptors (Lipinski definition) is 1. The van der Waals surface area contributed by atoms with Crippen LogP contribution in [0.3, 0.4) is 0 Å². The summed E-state index contributed by atoms with van der Waals surface area (Å²) in [7, 11) is 2.36. The third kappa shape index (κ3) is 7.24. The smallest absolute Gasteiger partial charge is 0.000926 e. The molecule has 148 valence electrons. The molecule has 1 saturated heterocycles. The minimum atomic E-state index is 0.920. The lowest BCUT2D eigenvalue weighted by molar-refractivity contribution is 0.106. The molecule has 1 heteroatoms. The largest absolute Gasteiger partial charge is 0.306 e. The molecule has 1 aliphatic carbocycles. The van der Waals surface area contributed by atoms with Gasteiger partial charge in [-0.2, -0.15) is 0 Å². The lowest BCUT2D eigenvalue weighted by Crippen LogP contribution is -2.36. The Labute approximate surface area is 159 Å². The van der Waals surface area contributed by atoms with E-state index in [0.29, 0.717) is 0 Å². The monoisotopic (exact) mass is 349 g/mol. The second kappa shape index (κ2) is 11.6. The van der Waals surface area contributed by atoms with Gasteiger partial charge in [-0.3, -0.25) is 0 Å². The van der Waals surface area contributed by atoms with Crippen molar-refractivity contribution >= 4 is 0 Å². The molecule has 2 aliphatic rings. The van der Waals surface area contributed by atoms with Gasteiger partial charge in [0.05, 0.1) is 0 Å². The first-order valence-electron chi connectivity index (χ1n) is 11.8. The Hall–Kier alpha value is -0.0400. The fourth-order valence-electron chi connectivity index (χ4n) is 5.93. The molecular formula is C24H47N. The van der Waals surface area contributed by atoms with Gasteiger partial charge < -0.3 is 4.90 Å². The molecule has 1 aliphatic heterocycles. The van der Waals surface area contributed by atoms with Crippen LogP contribution in [0.25, 0.3) is 0 Å². The molecule has 0 aromatic rings. The summed E-state index contributed by atoms with van der Waals surface area (Å²) >= 11 is 0. The quantitative estimate of drug-likeness (QED) is 0.509. The van der Waals surface area contributed by atoms with Crippen molar-refractivity contribution in [1.82, 2.24) is 4.90 Å². The van der Waals surface area contributed by atoms with Crippen LogP contribution in [-0.4, -0.2) is 25.0 Å². The number of rotatable bonds is 5. The van der Waals surface area contributed by atoms with E-state index >= 15 is 0 Å². The highest BCUT2D eigenvalue weighted by Gasteiger charge is 2.32. The van der Waals surface area contributed by atoms with Crippen molar-refractivity contribution in [3.63, 3.8) is 0 Å². The first-order chi connectivity index (χ1) is 12.1. The summed E-state index contributed by atoms with van der Waals surface area (Å²) in [5, 5.41) is 0. The molecule has 0 spiro atoms. The van der Waals surface area contributed by atoms with Crippen LogP contribution in [0.1, 0.15) is 104 Å². The molecule has 0 aromatic heterocycles. The molecule has 1 heterocycles. The van der Waals surface area contributed by atoms with Gasteiger partial charge in [0.1, 0.15) is 0 Å². The van der Waals surface area contributed by atoms with E-state index in [4.69, 9.17) is 0 Å². The average Bonchev–Trinajstić information content (AvgIpc) is 2.67. The Morgan fingerprint density at radius 2 is 1.48 bits per heavy atom. The first kappa shape index (κ1) is 21.3. The molecule has 2 fully saturated rings. The van der Waals surface area contributed by atoms with Gasteiger partial charge in [0.2, 0.25) is 0 Å². The molecule has 0 amide bonds. The summed E-state index contributed by atoms with van der Waals surface area (Å²) in [5.41, 5.74) is 0. The van der Waals surface area contributed by atoms with E-state index in [2.05, 4.69) is 32.7 Å². The van der Waals surface area contributed by atoms with E-state index in [9.17, 15) is 0 Å². The second-order valence-corrected chi connectivity index (χ2v) is 9.76. The zero-order valence-electron chi connectivity index (χ0n) is 17.9. The molecule has 2 rings (SSSR count). The van der Waals surface area contributed by atoms with Gasteiger partial charge in [-0.25, -0.2) is 0 Å². The third-order valence-corrected chi connectivity index (χ3v) is 7.60. The number of hydrogen-bond donors (Lipinski definition) is 0. The topological polar surface area (TPSA) is 3.24 Å². The maximum atomic E-state index is 2.63. The van der Waals surface area contributed by atoms with E-state index < -0.39 is 0 Å². The fourth-order valence-corrected chi connectivity index (χ4v) is 5.93. The normalized spacial score (nSPS) is 33.4. The third-order valence-electron chi connectivity index (χ3n) is 7.60.